The maximum absolute atomic E-state index is 13.2. The largest absolute Gasteiger partial charge is 0.416 e. The van der Waals surface area contributed by atoms with Gasteiger partial charge in [0.05, 0.1) is 11.1 Å². The Morgan fingerprint density at radius 3 is 2.53 bits per heavy atom. The van der Waals surface area contributed by atoms with Gasteiger partial charge in [-0.05, 0) is 18.2 Å². The van der Waals surface area contributed by atoms with Crippen LogP contribution < -0.4 is 5.32 Å². The van der Waals surface area contributed by atoms with E-state index in [9.17, 15) is 22.4 Å². The molecule has 0 aliphatic rings. The molecule has 1 rings (SSSR count). The van der Waals surface area contributed by atoms with Crippen molar-refractivity contribution in [3.8, 4) is 0 Å². The van der Waals surface area contributed by atoms with Crippen LogP contribution in [0.15, 0.2) is 18.2 Å². The quantitative estimate of drug-likeness (QED) is 0.674. The molecule has 17 heavy (non-hydrogen) atoms. The van der Waals surface area contributed by atoms with Crippen LogP contribution in [-0.2, 0) is 6.18 Å². The summed E-state index contributed by atoms with van der Waals surface area (Å²) in [5, 5.41) is 2.70. The predicted molar refractivity (Wildman–Crippen MR) is 57.5 cm³/mol. The highest BCUT2D eigenvalue weighted by molar-refractivity contribution is 9.09. The number of carbonyl (C=O) groups is 1. The number of rotatable bonds is 3. The van der Waals surface area contributed by atoms with Crippen molar-refractivity contribution in [3.05, 3.63) is 35.1 Å². The second-order valence-electron chi connectivity index (χ2n) is 3.14. The van der Waals surface area contributed by atoms with Crippen LogP contribution in [-0.4, -0.2) is 17.8 Å². The molecule has 7 heteroatoms. The molecule has 0 fully saturated rings. The molecule has 0 unspecified atom stereocenters. The van der Waals surface area contributed by atoms with Gasteiger partial charge in [0.1, 0.15) is 5.82 Å². The first-order chi connectivity index (χ1) is 7.86. The minimum atomic E-state index is -4.60. The molecule has 0 bridgehead atoms. The third kappa shape index (κ3) is 3.69. The summed E-state index contributed by atoms with van der Waals surface area (Å²) in [5.41, 5.74) is -1.66. The van der Waals surface area contributed by atoms with Crippen molar-refractivity contribution >= 4 is 21.8 Å². The minimum Gasteiger partial charge on any atom is -0.351 e. The summed E-state index contributed by atoms with van der Waals surface area (Å²) in [4.78, 5) is 11.4. The van der Waals surface area contributed by atoms with Crippen LogP contribution in [0, 0.1) is 5.82 Å². The summed E-state index contributed by atoms with van der Waals surface area (Å²) in [7, 11) is 0. The van der Waals surface area contributed by atoms with Crippen molar-refractivity contribution in [2.45, 2.75) is 6.18 Å². The summed E-state index contributed by atoms with van der Waals surface area (Å²) >= 11 is 3.03. The zero-order valence-corrected chi connectivity index (χ0v) is 10.0. The average Bonchev–Trinajstić information content (AvgIpc) is 2.24. The summed E-state index contributed by atoms with van der Waals surface area (Å²) in [5.74, 6) is -1.85. The second-order valence-corrected chi connectivity index (χ2v) is 3.93. The number of carbonyl (C=O) groups excluding carboxylic acids is 1. The van der Waals surface area contributed by atoms with Gasteiger partial charge in [-0.2, -0.15) is 13.2 Å². The van der Waals surface area contributed by atoms with Gasteiger partial charge in [0.25, 0.3) is 5.91 Å². The van der Waals surface area contributed by atoms with E-state index in [2.05, 4.69) is 21.2 Å². The van der Waals surface area contributed by atoms with Gasteiger partial charge < -0.3 is 5.32 Å². The fourth-order valence-corrected chi connectivity index (χ4v) is 1.33. The van der Waals surface area contributed by atoms with E-state index in [0.717, 1.165) is 0 Å². The van der Waals surface area contributed by atoms with Gasteiger partial charge in [-0.25, -0.2) is 4.39 Å². The van der Waals surface area contributed by atoms with Crippen molar-refractivity contribution in [2.75, 3.05) is 11.9 Å². The van der Waals surface area contributed by atoms with Gasteiger partial charge in [0.2, 0.25) is 0 Å². The van der Waals surface area contributed by atoms with E-state index < -0.39 is 29.0 Å². The highest BCUT2D eigenvalue weighted by Gasteiger charge is 2.31. The molecule has 0 heterocycles. The molecule has 1 aromatic rings. The lowest BCUT2D eigenvalue weighted by atomic mass is 10.1. The lowest BCUT2D eigenvalue weighted by molar-refractivity contribution is -0.137. The highest BCUT2D eigenvalue weighted by atomic mass is 79.9. The molecular weight excluding hydrogens is 306 g/mol. The first-order valence-corrected chi connectivity index (χ1v) is 5.69. The molecule has 1 aromatic carbocycles. The van der Waals surface area contributed by atoms with E-state index >= 15 is 0 Å². The maximum Gasteiger partial charge on any atom is 0.416 e. The predicted octanol–water partition coefficient (Wildman–Crippen LogP) is 2.97. The normalized spacial score (nSPS) is 11.4. The molecule has 0 spiro atoms. The third-order valence-electron chi connectivity index (χ3n) is 1.92. The van der Waals surface area contributed by atoms with Crippen molar-refractivity contribution < 1.29 is 22.4 Å². The average molecular weight is 314 g/mol. The molecule has 0 saturated heterocycles. The van der Waals surface area contributed by atoms with Crippen molar-refractivity contribution in [1.82, 2.24) is 5.32 Å². The second kappa shape index (κ2) is 5.48. The zero-order chi connectivity index (χ0) is 13.1. The number of halogens is 5. The maximum atomic E-state index is 13.2. The van der Waals surface area contributed by atoms with Crippen molar-refractivity contribution in [2.24, 2.45) is 0 Å². The lowest BCUT2D eigenvalue weighted by Gasteiger charge is -2.09. The summed E-state index contributed by atoms with van der Waals surface area (Å²) in [6.45, 7) is 0.203. The SMILES string of the molecule is O=C(NCCBr)c1cc(C(F)(F)F)ccc1F. The first kappa shape index (κ1) is 14.0. The van der Waals surface area contributed by atoms with Gasteiger partial charge in [0, 0.05) is 11.9 Å². The molecule has 1 N–H and O–H groups in total. The van der Waals surface area contributed by atoms with E-state index in [-0.39, 0.29) is 6.54 Å². The van der Waals surface area contributed by atoms with E-state index in [1.807, 2.05) is 0 Å². The van der Waals surface area contributed by atoms with Gasteiger partial charge in [-0.3, -0.25) is 4.79 Å². The first-order valence-electron chi connectivity index (χ1n) is 4.57. The number of hydrogen-bond acceptors (Lipinski definition) is 1. The topological polar surface area (TPSA) is 29.1 Å². The Hall–Kier alpha value is -1.11. The fraction of sp³-hybridized carbons (Fsp3) is 0.300. The molecule has 0 aliphatic heterocycles. The van der Waals surface area contributed by atoms with Crippen LogP contribution in [0.3, 0.4) is 0 Å². The monoisotopic (exact) mass is 313 g/mol. The van der Waals surface area contributed by atoms with Crippen LogP contribution >= 0.6 is 15.9 Å². The molecule has 1 amide bonds. The van der Waals surface area contributed by atoms with Crippen molar-refractivity contribution in [3.63, 3.8) is 0 Å². The lowest BCUT2D eigenvalue weighted by Crippen LogP contribution is -2.26. The summed E-state index contributed by atoms with van der Waals surface area (Å²) < 4.78 is 50.3. The van der Waals surface area contributed by atoms with E-state index in [1.54, 1.807) is 0 Å². The van der Waals surface area contributed by atoms with E-state index in [4.69, 9.17) is 0 Å². The highest BCUT2D eigenvalue weighted by Crippen LogP contribution is 2.30. The standard InChI is InChI=1S/C10H8BrF4NO/c11-3-4-16-9(17)7-5-6(10(13,14)15)1-2-8(7)12/h1-2,5H,3-4H2,(H,16,17). The number of benzene rings is 1. The van der Waals surface area contributed by atoms with Gasteiger partial charge in [-0.15, -0.1) is 0 Å². The molecule has 0 aliphatic carbocycles. The number of hydrogen-bond donors (Lipinski definition) is 1. The van der Waals surface area contributed by atoms with Crippen LogP contribution in [0.4, 0.5) is 17.6 Å². The molecule has 0 radical (unpaired) electrons. The Kier molecular flexibility index (Phi) is 4.50. The Labute approximate surface area is 103 Å². The number of amides is 1. The van der Waals surface area contributed by atoms with Crippen LogP contribution in [0.2, 0.25) is 0 Å². The third-order valence-corrected chi connectivity index (χ3v) is 2.31. The van der Waals surface area contributed by atoms with Crippen LogP contribution in [0.25, 0.3) is 0 Å². The molecule has 0 saturated carbocycles. The molecule has 0 atom stereocenters. The molecular formula is C10H8BrF4NO. The summed E-state index contributed by atoms with van der Waals surface area (Å²) in [6, 6.07) is 1.72. The molecule has 94 valence electrons. The Balaban J connectivity index is 3.02. The van der Waals surface area contributed by atoms with E-state index in [1.165, 1.54) is 0 Å². The van der Waals surface area contributed by atoms with Crippen molar-refractivity contribution in [1.29, 1.82) is 0 Å². The zero-order valence-electron chi connectivity index (χ0n) is 8.44. The minimum absolute atomic E-state index is 0.203. The van der Waals surface area contributed by atoms with Gasteiger partial charge >= 0.3 is 6.18 Å². The Morgan fingerprint density at radius 2 is 2.00 bits per heavy atom. The van der Waals surface area contributed by atoms with Crippen LogP contribution in [0.1, 0.15) is 15.9 Å². The van der Waals surface area contributed by atoms with Gasteiger partial charge in [-0.1, -0.05) is 15.9 Å². The summed E-state index contributed by atoms with van der Waals surface area (Å²) in [6.07, 6.45) is -4.60. The fourth-order valence-electron chi connectivity index (χ4n) is 1.13. The van der Waals surface area contributed by atoms with Crippen LogP contribution in [0.5, 0.6) is 0 Å². The van der Waals surface area contributed by atoms with Gasteiger partial charge in [0.15, 0.2) is 0 Å². The number of alkyl halides is 4. The number of nitrogens with one attached hydrogen (secondary N) is 1. The Bertz CT molecular complexity index is 419. The smallest absolute Gasteiger partial charge is 0.351 e. The molecule has 0 aromatic heterocycles. The van der Waals surface area contributed by atoms with E-state index in [0.29, 0.717) is 23.5 Å². The molecule has 2 nitrogen and oxygen atoms in total. The Morgan fingerprint density at radius 1 is 1.35 bits per heavy atom.